The van der Waals surface area contributed by atoms with E-state index in [9.17, 15) is 13.2 Å². The van der Waals surface area contributed by atoms with Gasteiger partial charge in [0.1, 0.15) is 11.8 Å². The molecule has 1 aliphatic rings. The molecule has 2 aromatic rings. The highest BCUT2D eigenvalue weighted by molar-refractivity contribution is 7.92. The first kappa shape index (κ1) is 22.4. The molecule has 30 heavy (non-hydrogen) atoms. The van der Waals surface area contributed by atoms with Crippen LogP contribution in [0.5, 0.6) is 5.75 Å². The van der Waals surface area contributed by atoms with Gasteiger partial charge in [0, 0.05) is 5.02 Å². The predicted octanol–water partition coefficient (Wildman–Crippen LogP) is 3.87. The second kappa shape index (κ2) is 8.86. The monoisotopic (exact) mass is 450 g/mol. The van der Waals surface area contributed by atoms with Crippen LogP contribution < -0.4 is 14.4 Å². The smallest absolute Gasteiger partial charge is 0.244 e. The minimum Gasteiger partial charge on any atom is -0.495 e. The van der Waals surface area contributed by atoms with Crippen LogP contribution >= 0.6 is 11.6 Å². The first-order valence-electron chi connectivity index (χ1n) is 9.87. The number of benzene rings is 2. The third-order valence-electron chi connectivity index (χ3n) is 5.45. The van der Waals surface area contributed by atoms with Crippen molar-refractivity contribution in [2.75, 3.05) is 17.7 Å². The van der Waals surface area contributed by atoms with Crippen LogP contribution in [0.15, 0.2) is 36.4 Å². The van der Waals surface area contributed by atoms with Gasteiger partial charge in [-0.15, -0.1) is 0 Å². The molecule has 0 saturated carbocycles. The number of methoxy groups -OCH3 is 1. The largest absolute Gasteiger partial charge is 0.495 e. The number of nitrogens with one attached hydrogen (secondary N) is 1. The van der Waals surface area contributed by atoms with Crippen molar-refractivity contribution >= 4 is 33.2 Å². The second-order valence-electron chi connectivity index (χ2n) is 7.66. The number of carbonyl (C=O) groups excluding carboxylic acids is 1. The molecule has 162 valence electrons. The van der Waals surface area contributed by atoms with Gasteiger partial charge in [-0.2, -0.15) is 0 Å². The molecular formula is C22H27ClN2O4S. The van der Waals surface area contributed by atoms with Crippen molar-refractivity contribution in [3.05, 3.63) is 58.1 Å². The van der Waals surface area contributed by atoms with E-state index in [2.05, 4.69) is 17.4 Å². The summed E-state index contributed by atoms with van der Waals surface area (Å²) in [5, 5.41) is 3.29. The SMILES string of the molecule is COc1ccc(Cl)cc1N([C@H](C)C(=O)N[C@H](C)c1ccc2c(c1)CCC2)S(C)(=O)=O. The molecule has 0 aromatic heterocycles. The van der Waals surface area contributed by atoms with Crippen LogP contribution in [0, 0.1) is 0 Å². The van der Waals surface area contributed by atoms with Crippen molar-refractivity contribution in [3.8, 4) is 5.75 Å². The molecule has 3 rings (SSSR count). The van der Waals surface area contributed by atoms with Crippen molar-refractivity contribution in [1.82, 2.24) is 5.32 Å². The van der Waals surface area contributed by atoms with E-state index < -0.39 is 22.0 Å². The number of hydrogen-bond donors (Lipinski definition) is 1. The number of ether oxygens (including phenoxy) is 1. The molecule has 6 nitrogen and oxygen atoms in total. The summed E-state index contributed by atoms with van der Waals surface area (Å²) in [6, 6.07) is 9.68. The van der Waals surface area contributed by atoms with Gasteiger partial charge in [-0.05, 0) is 68.0 Å². The van der Waals surface area contributed by atoms with E-state index in [-0.39, 0.29) is 11.7 Å². The average molecular weight is 451 g/mol. The standard InChI is InChI=1S/C22H27ClN2O4S/c1-14(17-9-8-16-6-5-7-18(16)12-17)24-22(26)15(2)25(30(4,27)28)20-13-19(23)10-11-21(20)29-3/h8-15H,5-7H2,1-4H3,(H,24,26)/t14-,15-/m1/s1. The lowest BCUT2D eigenvalue weighted by atomic mass is 10.0. The molecule has 0 bridgehead atoms. The van der Waals surface area contributed by atoms with Crippen LogP contribution in [-0.2, 0) is 27.7 Å². The van der Waals surface area contributed by atoms with Crippen LogP contribution in [0.4, 0.5) is 5.69 Å². The number of anilines is 1. The van der Waals surface area contributed by atoms with E-state index in [1.165, 1.54) is 24.3 Å². The van der Waals surface area contributed by atoms with Gasteiger partial charge in [0.05, 0.1) is 25.1 Å². The normalized spacial score (nSPS) is 15.2. The summed E-state index contributed by atoms with van der Waals surface area (Å²) in [5.74, 6) is -0.0911. The summed E-state index contributed by atoms with van der Waals surface area (Å²) in [6.07, 6.45) is 4.36. The molecule has 0 aliphatic heterocycles. The van der Waals surface area contributed by atoms with Crippen LogP contribution in [0.3, 0.4) is 0 Å². The fraction of sp³-hybridized carbons (Fsp3) is 0.409. The van der Waals surface area contributed by atoms with Gasteiger partial charge < -0.3 is 10.1 Å². The zero-order chi connectivity index (χ0) is 22.1. The number of fused-ring (bicyclic) bond motifs is 1. The molecule has 2 atom stereocenters. The van der Waals surface area contributed by atoms with Crippen LogP contribution in [0.25, 0.3) is 0 Å². The molecule has 0 heterocycles. The molecule has 0 radical (unpaired) electrons. The number of hydrogen-bond acceptors (Lipinski definition) is 4. The Labute approximate surface area is 183 Å². The second-order valence-corrected chi connectivity index (χ2v) is 9.96. The molecule has 0 fully saturated rings. The van der Waals surface area contributed by atoms with Gasteiger partial charge in [0.15, 0.2) is 0 Å². The Bertz CT molecular complexity index is 1060. The zero-order valence-corrected chi connectivity index (χ0v) is 19.2. The van der Waals surface area contributed by atoms with Gasteiger partial charge in [-0.1, -0.05) is 29.8 Å². The lowest BCUT2D eigenvalue weighted by molar-refractivity contribution is -0.122. The van der Waals surface area contributed by atoms with Gasteiger partial charge in [-0.3, -0.25) is 9.10 Å². The van der Waals surface area contributed by atoms with E-state index in [1.807, 2.05) is 13.0 Å². The van der Waals surface area contributed by atoms with Crippen LogP contribution in [0.1, 0.15) is 43.0 Å². The van der Waals surface area contributed by atoms with Crippen molar-refractivity contribution in [2.24, 2.45) is 0 Å². The van der Waals surface area contributed by atoms with Gasteiger partial charge in [0.25, 0.3) is 0 Å². The molecule has 0 spiro atoms. The first-order chi connectivity index (χ1) is 14.1. The molecule has 8 heteroatoms. The highest BCUT2D eigenvalue weighted by Crippen LogP contribution is 2.34. The number of amides is 1. The van der Waals surface area contributed by atoms with Crippen LogP contribution in [-0.4, -0.2) is 33.7 Å². The molecule has 0 unspecified atom stereocenters. The highest BCUT2D eigenvalue weighted by atomic mass is 35.5. The summed E-state index contributed by atoms with van der Waals surface area (Å²) in [7, 11) is -2.35. The maximum atomic E-state index is 13.0. The van der Waals surface area contributed by atoms with Crippen molar-refractivity contribution in [3.63, 3.8) is 0 Å². The minimum atomic E-state index is -3.79. The third kappa shape index (κ3) is 4.73. The summed E-state index contributed by atoms with van der Waals surface area (Å²) < 4.78 is 31.5. The van der Waals surface area contributed by atoms with Crippen molar-refractivity contribution in [2.45, 2.75) is 45.2 Å². The van der Waals surface area contributed by atoms with E-state index >= 15 is 0 Å². The number of carbonyl (C=O) groups is 1. The number of sulfonamides is 1. The number of halogens is 1. The van der Waals surface area contributed by atoms with E-state index in [4.69, 9.17) is 16.3 Å². The quantitative estimate of drug-likeness (QED) is 0.694. The molecule has 0 saturated heterocycles. The van der Waals surface area contributed by atoms with Crippen molar-refractivity contribution in [1.29, 1.82) is 0 Å². The Kier molecular flexibility index (Phi) is 6.62. The zero-order valence-electron chi connectivity index (χ0n) is 17.6. The highest BCUT2D eigenvalue weighted by Gasteiger charge is 2.32. The molecule has 1 N–H and O–H groups in total. The Balaban J connectivity index is 1.85. The summed E-state index contributed by atoms with van der Waals surface area (Å²) in [5.41, 5.74) is 3.91. The molecule has 2 aromatic carbocycles. The fourth-order valence-corrected chi connectivity index (χ4v) is 5.23. The Morgan fingerprint density at radius 3 is 2.50 bits per heavy atom. The predicted molar refractivity (Wildman–Crippen MR) is 120 cm³/mol. The summed E-state index contributed by atoms with van der Waals surface area (Å²) in [4.78, 5) is 13.0. The molecular weight excluding hydrogens is 424 g/mol. The fourth-order valence-electron chi connectivity index (χ4n) is 3.89. The maximum absolute atomic E-state index is 13.0. The number of aryl methyl sites for hydroxylation is 2. The summed E-state index contributed by atoms with van der Waals surface area (Å²) in [6.45, 7) is 3.44. The van der Waals surface area contributed by atoms with E-state index in [1.54, 1.807) is 19.1 Å². The molecule has 1 amide bonds. The van der Waals surface area contributed by atoms with E-state index in [0.717, 1.165) is 35.4 Å². The van der Waals surface area contributed by atoms with Crippen molar-refractivity contribution < 1.29 is 17.9 Å². The van der Waals surface area contributed by atoms with Gasteiger partial charge in [0.2, 0.25) is 15.9 Å². The summed E-state index contributed by atoms with van der Waals surface area (Å²) >= 11 is 6.09. The number of rotatable bonds is 7. The Morgan fingerprint density at radius 1 is 1.13 bits per heavy atom. The van der Waals surface area contributed by atoms with Crippen LogP contribution in [0.2, 0.25) is 5.02 Å². The Morgan fingerprint density at radius 2 is 1.83 bits per heavy atom. The maximum Gasteiger partial charge on any atom is 0.244 e. The van der Waals surface area contributed by atoms with E-state index in [0.29, 0.717) is 10.8 Å². The first-order valence-corrected chi connectivity index (χ1v) is 12.1. The average Bonchev–Trinajstić information content (AvgIpc) is 3.14. The van der Waals surface area contributed by atoms with Gasteiger partial charge >= 0.3 is 0 Å². The lowest BCUT2D eigenvalue weighted by Crippen LogP contribution is -2.48. The Hall–Kier alpha value is -2.25. The molecule has 1 aliphatic carbocycles. The number of nitrogens with zero attached hydrogens (tertiary/aromatic N) is 1. The lowest BCUT2D eigenvalue weighted by Gasteiger charge is -2.30. The van der Waals surface area contributed by atoms with Gasteiger partial charge in [-0.25, -0.2) is 8.42 Å². The minimum absolute atomic E-state index is 0.223. The third-order valence-corrected chi connectivity index (χ3v) is 6.91. The topological polar surface area (TPSA) is 75.7 Å².